The number of sulfonamides is 2. The Morgan fingerprint density at radius 2 is 1.03 bits per heavy atom. The van der Waals surface area contributed by atoms with Crippen LogP contribution in [0, 0.1) is 13.8 Å². The largest absolute Gasteiger partial charge is 1.00 e. The van der Waals surface area contributed by atoms with Crippen LogP contribution < -0.4 is 38.1 Å². The molecule has 4 aromatic heterocycles. The molecule has 2 saturated carbocycles. The first-order valence-electron chi connectivity index (χ1n) is 23.5. The number of pyridine rings is 2. The van der Waals surface area contributed by atoms with Gasteiger partial charge in [0.1, 0.15) is 23.2 Å². The van der Waals surface area contributed by atoms with Gasteiger partial charge in [-0.05, 0) is 100 Å². The first-order valence-corrected chi connectivity index (χ1v) is 27.2. The average molecular weight is 1040 g/mol. The molecule has 22 heteroatoms. The standard InChI is InChI=1S/C26H31N3O6S.C25H29N3O6S.Li.H2O/c1-16-8-10-18(11-9-16)23-22(25(31)27-2)20-15-19(17-12-13-17)24(28-26(20)35-23)29(36(4,32)33)14-6-5-7-21(30)34-3;1-15-7-9-17(10-8-15)22-21(24(31)26-2)19-14-18(16-11-12-16)23(27-25(19)34-22)28(35(3,32)33)13-5-4-6-20(29)30;;/h8-11,15,17H,5-7,12-14H2,1-4H3,(H,27,31);7-10,14,16H,4-6,11-13H2,1-3H3,(H,26,31)(H,29,30);;1H2/q;;+1;/p-1. The number of carboxylic acid groups (broad SMARTS) is 1. The first-order chi connectivity index (χ1) is 33.7. The van der Waals surface area contributed by atoms with Gasteiger partial charge in [0.25, 0.3) is 11.8 Å². The fourth-order valence-corrected chi connectivity index (χ4v) is 10.2. The second-order valence-electron chi connectivity index (χ2n) is 18.1. The number of hydrogen-bond acceptors (Lipinski definition) is 14. The van der Waals surface area contributed by atoms with Gasteiger partial charge in [-0.3, -0.25) is 27.8 Å². The van der Waals surface area contributed by atoms with Crippen molar-refractivity contribution in [3.05, 3.63) is 94.0 Å². The number of carbonyl (C=O) groups excluding carboxylic acids is 3. The maximum absolute atomic E-state index is 12.9. The minimum Gasteiger partial charge on any atom is -0.870 e. The molecule has 0 bridgehead atoms. The maximum atomic E-state index is 12.9. The monoisotopic (exact) mass is 1040 g/mol. The number of aryl methyl sites for hydroxylation is 2. The number of methoxy groups -OCH3 is 1. The van der Waals surface area contributed by atoms with Crippen LogP contribution in [-0.4, -0.2) is 108 Å². The number of ether oxygens (including phenoxy) is 1. The minimum atomic E-state index is -3.69. The third-order valence-electron chi connectivity index (χ3n) is 12.4. The van der Waals surface area contributed by atoms with Crippen molar-refractivity contribution >= 4 is 77.6 Å². The van der Waals surface area contributed by atoms with Gasteiger partial charge in [-0.2, -0.15) is 9.97 Å². The predicted octanol–water partition coefficient (Wildman–Crippen LogP) is 5.04. The number of carboxylic acids is 1. The van der Waals surface area contributed by atoms with E-state index in [0.29, 0.717) is 64.9 Å². The smallest absolute Gasteiger partial charge is 0.870 e. The number of carbonyl (C=O) groups is 4. The molecular weight excluding hydrogens is 976 g/mol. The quantitative estimate of drug-likeness (QED) is 0.0513. The van der Waals surface area contributed by atoms with Gasteiger partial charge in [0.05, 0.1) is 41.5 Å². The van der Waals surface area contributed by atoms with Crippen LogP contribution in [0.2, 0.25) is 0 Å². The molecular formula is C51H61LiN6O13S2. The van der Waals surface area contributed by atoms with Gasteiger partial charge in [-0.1, -0.05) is 59.7 Å². The Kier molecular flexibility index (Phi) is 19.1. The molecule has 0 saturated heterocycles. The Hall–Kier alpha value is -6.24. The van der Waals surface area contributed by atoms with Gasteiger partial charge in [0.2, 0.25) is 31.5 Å². The molecule has 2 amide bonds. The molecule has 0 aliphatic heterocycles. The summed E-state index contributed by atoms with van der Waals surface area (Å²) in [6, 6.07) is 18.9. The van der Waals surface area contributed by atoms with Crippen LogP contribution in [0.3, 0.4) is 0 Å². The SMILES string of the molecule is CNC(=O)c1c(-c2ccc(C)cc2)oc2nc(N(CCCCC(=O)O)S(C)(=O)=O)c(C3CC3)cc12.CNC(=O)c1c(-c2ccc(C)cc2)oc2nc(N(CCCCC(=O)OC)S(C)(=O)=O)c(C3CC3)cc12.[Li+].[OH-]. The summed E-state index contributed by atoms with van der Waals surface area (Å²) in [6.07, 6.45) is 7.73. The van der Waals surface area contributed by atoms with Crippen molar-refractivity contribution in [1.82, 2.24) is 20.6 Å². The molecule has 4 heterocycles. The Morgan fingerprint density at radius 3 is 1.34 bits per heavy atom. The number of furan rings is 2. The molecule has 0 radical (unpaired) electrons. The molecule has 6 aromatic rings. The molecule has 0 spiro atoms. The zero-order valence-electron chi connectivity index (χ0n) is 42.4. The van der Waals surface area contributed by atoms with E-state index in [4.69, 9.17) is 13.9 Å². The maximum Gasteiger partial charge on any atom is 1.00 e. The summed E-state index contributed by atoms with van der Waals surface area (Å²) in [6.45, 7) is 4.22. The third-order valence-corrected chi connectivity index (χ3v) is 14.8. The predicted molar refractivity (Wildman–Crippen MR) is 273 cm³/mol. The van der Waals surface area contributed by atoms with E-state index in [1.54, 1.807) is 14.1 Å². The molecule has 73 heavy (non-hydrogen) atoms. The zero-order valence-corrected chi connectivity index (χ0v) is 44.0. The molecule has 2 aliphatic rings. The summed E-state index contributed by atoms with van der Waals surface area (Å²) in [7, 11) is -2.93. The van der Waals surface area contributed by atoms with Gasteiger partial charge in [-0.25, -0.2) is 16.8 Å². The second kappa shape index (κ2) is 24.2. The normalized spacial score (nSPS) is 13.2. The number of amides is 2. The molecule has 2 aliphatic carbocycles. The third kappa shape index (κ3) is 13.7. The fraction of sp³-hybridized carbons (Fsp3) is 0.412. The number of aliphatic carboxylic acids is 1. The summed E-state index contributed by atoms with van der Waals surface area (Å²) in [5.74, 6) is -0.212. The van der Waals surface area contributed by atoms with Crippen molar-refractivity contribution in [2.24, 2.45) is 0 Å². The number of rotatable bonds is 20. The number of nitrogens with one attached hydrogen (secondary N) is 2. The van der Waals surface area contributed by atoms with Crippen molar-refractivity contribution in [3.8, 4) is 22.6 Å². The van der Waals surface area contributed by atoms with Gasteiger partial charge < -0.3 is 34.8 Å². The molecule has 2 fully saturated rings. The molecule has 4 N–H and O–H groups in total. The number of aromatic nitrogens is 2. The van der Waals surface area contributed by atoms with E-state index in [9.17, 15) is 36.0 Å². The zero-order chi connectivity index (χ0) is 51.4. The topological polar surface area (TPSA) is 279 Å². The number of hydrogen-bond donors (Lipinski definition) is 3. The number of fused-ring (bicyclic) bond motifs is 2. The first kappa shape index (κ1) is 57.7. The van der Waals surface area contributed by atoms with E-state index < -0.39 is 26.0 Å². The minimum absolute atomic E-state index is 0. The van der Waals surface area contributed by atoms with E-state index in [2.05, 4.69) is 25.3 Å². The summed E-state index contributed by atoms with van der Waals surface area (Å²) >= 11 is 0. The Morgan fingerprint density at radius 1 is 0.658 bits per heavy atom. The van der Waals surface area contributed by atoms with Crippen LogP contribution in [0.1, 0.15) is 119 Å². The van der Waals surface area contributed by atoms with Crippen LogP contribution in [0.4, 0.5) is 11.6 Å². The number of anilines is 2. The number of benzene rings is 2. The van der Waals surface area contributed by atoms with Crippen molar-refractivity contribution in [1.29, 1.82) is 0 Å². The molecule has 386 valence electrons. The molecule has 0 atom stereocenters. The van der Waals surface area contributed by atoms with Crippen LogP contribution in [0.15, 0.2) is 69.5 Å². The average Bonchev–Trinajstić information content (AvgIpc) is 4.28. The molecule has 2 aromatic carbocycles. The number of esters is 1. The van der Waals surface area contributed by atoms with Crippen LogP contribution in [0.25, 0.3) is 44.8 Å². The van der Waals surface area contributed by atoms with Gasteiger partial charge in [-0.15, -0.1) is 0 Å². The summed E-state index contributed by atoms with van der Waals surface area (Å²) in [5.41, 5.74) is 6.23. The fourth-order valence-electron chi connectivity index (χ4n) is 8.38. The summed E-state index contributed by atoms with van der Waals surface area (Å²) < 4.78 is 70.6. The van der Waals surface area contributed by atoms with Crippen LogP contribution in [0.5, 0.6) is 0 Å². The Labute approximate surface area is 437 Å². The van der Waals surface area contributed by atoms with Crippen LogP contribution in [-0.2, 0) is 34.4 Å². The van der Waals surface area contributed by atoms with E-state index >= 15 is 0 Å². The molecule has 8 rings (SSSR count). The summed E-state index contributed by atoms with van der Waals surface area (Å²) in [5, 5.41) is 15.3. The second-order valence-corrected chi connectivity index (χ2v) is 21.9. The molecule has 19 nitrogen and oxygen atoms in total. The van der Waals surface area contributed by atoms with Gasteiger partial charge in [0, 0.05) is 51.2 Å². The number of unbranched alkanes of at least 4 members (excludes halogenated alkanes) is 2. The van der Waals surface area contributed by atoms with Crippen molar-refractivity contribution in [2.45, 2.75) is 89.9 Å². The summed E-state index contributed by atoms with van der Waals surface area (Å²) in [4.78, 5) is 57.5. The Bertz CT molecular complexity index is 3200. The van der Waals surface area contributed by atoms with Crippen molar-refractivity contribution < 1.29 is 79.0 Å². The van der Waals surface area contributed by atoms with Crippen molar-refractivity contribution in [2.75, 3.05) is 55.4 Å². The Balaban J connectivity index is 0.000000264. The van der Waals surface area contributed by atoms with E-state index in [1.807, 2.05) is 74.5 Å². The van der Waals surface area contributed by atoms with E-state index in [0.717, 1.165) is 71.6 Å². The number of nitrogens with zero attached hydrogens (tertiary/aromatic N) is 4. The van der Waals surface area contributed by atoms with Gasteiger partial charge >= 0.3 is 30.8 Å². The van der Waals surface area contributed by atoms with E-state index in [-0.39, 0.29) is 97.1 Å². The van der Waals surface area contributed by atoms with E-state index in [1.165, 1.54) is 15.7 Å². The van der Waals surface area contributed by atoms with Crippen molar-refractivity contribution in [3.63, 3.8) is 0 Å². The molecule has 0 unspecified atom stereocenters. The van der Waals surface area contributed by atoms with Gasteiger partial charge in [0.15, 0.2) is 0 Å². The van der Waals surface area contributed by atoms with Crippen LogP contribution >= 0.6 is 0 Å².